The summed E-state index contributed by atoms with van der Waals surface area (Å²) in [6.07, 6.45) is 1.61. The van der Waals surface area contributed by atoms with Crippen molar-refractivity contribution in [2.75, 3.05) is 11.5 Å². The van der Waals surface area contributed by atoms with Crippen LogP contribution in [0.5, 0.6) is 0 Å². The maximum absolute atomic E-state index is 5.62. The lowest BCUT2D eigenvalue weighted by atomic mass is 10.2. The van der Waals surface area contributed by atoms with Gasteiger partial charge in [0.05, 0.1) is 5.56 Å². The predicted octanol–water partition coefficient (Wildman–Crippen LogP) is 0.0311. The van der Waals surface area contributed by atoms with Crippen molar-refractivity contribution in [2.24, 2.45) is 0 Å². The number of hydrogen-bond donors (Lipinski definition) is 3. The van der Waals surface area contributed by atoms with Gasteiger partial charge in [0.2, 0.25) is 5.95 Å². The molecule has 2 heterocycles. The fourth-order valence-electron chi connectivity index (χ4n) is 1.01. The van der Waals surface area contributed by atoms with Crippen LogP contribution in [-0.2, 0) is 0 Å². The first kappa shape index (κ1) is 7.53. The van der Waals surface area contributed by atoms with Crippen molar-refractivity contribution in [3.05, 3.63) is 18.3 Å². The minimum atomic E-state index is 0.193. The minimum Gasteiger partial charge on any atom is -0.383 e. The first-order chi connectivity index (χ1) is 6.27. The summed E-state index contributed by atoms with van der Waals surface area (Å²) >= 11 is 0. The smallest absolute Gasteiger partial charge is 0.239 e. The van der Waals surface area contributed by atoms with Crippen LogP contribution >= 0.6 is 0 Å². The quantitative estimate of drug-likeness (QED) is 0.568. The summed E-state index contributed by atoms with van der Waals surface area (Å²) in [6, 6.07) is 3.56. The van der Waals surface area contributed by atoms with E-state index in [1.54, 1.807) is 18.3 Å². The van der Waals surface area contributed by atoms with Gasteiger partial charge in [-0.25, -0.2) is 4.98 Å². The lowest BCUT2D eigenvalue weighted by Gasteiger charge is -1.97. The fraction of sp³-hybridized carbons (Fsp3) is 0. The molecule has 2 aromatic heterocycles. The van der Waals surface area contributed by atoms with E-state index in [-0.39, 0.29) is 5.95 Å². The zero-order chi connectivity index (χ0) is 9.26. The Bertz CT molecular complexity index is 420. The number of hydrogen-bond acceptors (Lipinski definition) is 5. The summed E-state index contributed by atoms with van der Waals surface area (Å²) in [6.45, 7) is 0. The van der Waals surface area contributed by atoms with Crippen LogP contribution in [0.25, 0.3) is 11.4 Å². The molecule has 0 radical (unpaired) electrons. The van der Waals surface area contributed by atoms with Gasteiger partial charge in [-0.15, -0.1) is 5.10 Å². The minimum absolute atomic E-state index is 0.193. The first-order valence-electron chi connectivity index (χ1n) is 3.66. The van der Waals surface area contributed by atoms with Gasteiger partial charge in [-0.05, 0) is 12.1 Å². The SMILES string of the molecule is Nc1n[nH]c(-c2cccnc2N)n1. The van der Waals surface area contributed by atoms with E-state index in [4.69, 9.17) is 11.5 Å². The maximum Gasteiger partial charge on any atom is 0.239 e. The van der Waals surface area contributed by atoms with Gasteiger partial charge < -0.3 is 11.5 Å². The first-order valence-corrected chi connectivity index (χ1v) is 3.66. The Kier molecular flexibility index (Phi) is 1.59. The Morgan fingerprint density at radius 2 is 2.15 bits per heavy atom. The number of rotatable bonds is 1. The number of aromatic amines is 1. The largest absolute Gasteiger partial charge is 0.383 e. The Morgan fingerprint density at radius 3 is 2.77 bits per heavy atom. The fourth-order valence-corrected chi connectivity index (χ4v) is 1.01. The van der Waals surface area contributed by atoms with E-state index in [0.29, 0.717) is 17.2 Å². The highest BCUT2D eigenvalue weighted by atomic mass is 15.3. The molecule has 13 heavy (non-hydrogen) atoms. The average molecular weight is 176 g/mol. The van der Waals surface area contributed by atoms with E-state index in [9.17, 15) is 0 Å². The van der Waals surface area contributed by atoms with Gasteiger partial charge in [0, 0.05) is 6.20 Å². The van der Waals surface area contributed by atoms with E-state index in [2.05, 4.69) is 20.2 Å². The topological polar surface area (TPSA) is 106 Å². The summed E-state index contributed by atoms with van der Waals surface area (Å²) < 4.78 is 0. The Morgan fingerprint density at radius 1 is 1.31 bits per heavy atom. The zero-order valence-corrected chi connectivity index (χ0v) is 6.73. The average Bonchev–Trinajstić information content (AvgIpc) is 2.53. The number of nitrogen functional groups attached to an aromatic ring is 2. The number of nitrogens with zero attached hydrogens (tertiary/aromatic N) is 3. The molecule has 0 saturated heterocycles. The van der Waals surface area contributed by atoms with E-state index >= 15 is 0 Å². The van der Waals surface area contributed by atoms with Crippen LogP contribution in [-0.4, -0.2) is 20.2 Å². The van der Waals surface area contributed by atoms with Crippen molar-refractivity contribution in [1.82, 2.24) is 20.2 Å². The Hall–Kier alpha value is -2.11. The number of nitrogens with one attached hydrogen (secondary N) is 1. The normalized spacial score (nSPS) is 10.2. The molecule has 0 amide bonds. The Balaban J connectivity index is 2.52. The molecule has 0 saturated carbocycles. The maximum atomic E-state index is 5.62. The van der Waals surface area contributed by atoms with Gasteiger partial charge in [-0.3, -0.25) is 5.10 Å². The second-order valence-electron chi connectivity index (χ2n) is 2.48. The van der Waals surface area contributed by atoms with Crippen LogP contribution in [0.2, 0.25) is 0 Å². The van der Waals surface area contributed by atoms with Gasteiger partial charge in [0.1, 0.15) is 5.82 Å². The van der Waals surface area contributed by atoms with E-state index in [0.717, 1.165) is 0 Å². The molecule has 0 aliphatic carbocycles. The van der Waals surface area contributed by atoms with E-state index in [1.807, 2.05) is 0 Å². The summed E-state index contributed by atoms with van der Waals surface area (Å²) in [4.78, 5) is 7.85. The summed E-state index contributed by atoms with van der Waals surface area (Å²) in [5.74, 6) is 1.13. The van der Waals surface area contributed by atoms with Gasteiger partial charge in [-0.1, -0.05) is 0 Å². The van der Waals surface area contributed by atoms with Gasteiger partial charge in [0.15, 0.2) is 5.82 Å². The molecule has 0 bridgehead atoms. The molecule has 6 nitrogen and oxygen atoms in total. The Labute approximate surface area is 74.0 Å². The number of anilines is 2. The standard InChI is InChI=1S/C7H8N6/c8-5-4(2-1-3-10-5)6-11-7(9)13-12-6/h1-3H,(H2,8,10)(H3,9,11,12,13). The van der Waals surface area contributed by atoms with Gasteiger partial charge >= 0.3 is 0 Å². The molecule has 2 rings (SSSR count). The molecule has 6 heteroatoms. The molecule has 0 fully saturated rings. The highest BCUT2D eigenvalue weighted by molar-refractivity contribution is 5.67. The van der Waals surface area contributed by atoms with Gasteiger partial charge in [0.25, 0.3) is 0 Å². The van der Waals surface area contributed by atoms with Crippen LogP contribution in [0, 0.1) is 0 Å². The molecule has 5 N–H and O–H groups in total. The third kappa shape index (κ3) is 1.28. The molecular formula is C7H8N6. The van der Waals surface area contributed by atoms with Crippen molar-refractivity contribution in [1.29, 1.82) is 0 Å². The summed E-state index contributed by atoms with van der Waals surface area (Å²) in [5.41, 5.74) is 11.7. The molecule has 0 aliphatic heterocycles. The second kappa shape index (κ2) is 2.74. The molecule has 0 atom stereocenters. The van der Waals surface area contributed by atoms with E-state index in [1.165, 1.54) is 0 Å². The number of H-pyrrole nitrogens is 1. The number of aromatic nitrogens is 4. The summed E-state index contributed by atoms with van der Waals surface area (Å²) in [5, 5.41) is 6.35. The highest BCUT2D eigenvalue weighted by Gasteiger charge is 2.06. The molecule has 66 valence electrons. The van der Waals surface area contributed by atoms with Crippen LogP contribution < -0.4 is 11.5 Å². The van der Waals surface area contributed by atoms with Crippen molar-refractivity contribution in [3.63, 3.8) is 0 Å². The monoisotopic (exact) mass is 176 g/mol. The lowest BCUT2D eigenvalue weighted by Crippen LogP contribution is -1.94. The van der Waals surface area contributed by atoms with Crippen molar-refractivity contribution >= 4 is 11.8 Å². The number of nitrogens with two attached hydrogens (primary N) is 2. The molecule has 0 unspecified atom stereocenters. The van der Waals surface area contributed by atoms with E-state index < -0.39 is 0 Å². The van der Waals surface area contributed by atoms with Crippen LogP contribution in [0.1, 0.15) is 0 Å². The molecular weight excluding hydrogens is 168 g/mol. The third-order valence-electron chi connectivity index (χ3n) is 1.60. The lowest BCUT2D eigenvalue weighted by molar-refractivity contribution is 1.10. The second-order valence-corrected chi connectivity index (χ2v) is 2.48. The molecule has 2 aromatic rings. The molecule has 0 aliphatic rings. The van der Waals surface area contributed by atoms with Crippen LogP contribution in [0.15, 0.2) is 18.3 Å². The number of pyridine rings is 1. The van der Waals surface area contributed by atoms with Crippen molar-refractivity contribution in [3.8, 4) is 11.4 Å². The predicted molar refractivity (Wildman–Crippen MR) is 48.4 cm³/mol. The zero-order valence-electron chi connectivity index (χ0n) is 6.73. The molecule has 0 spiro atoms. The summed E-state index contributed by atoms with van der Waals surface area (Å²) in [7, 11) is 0. The third-order valence-corrected chi connectivity index (χ3v) is 1.60. The van der Waals surface area contributed by atoms with Gasteiger partial charge in [-0.2, -0.15) is 4.98 Å². The van der Waals surface area contributed by atoms with Crippen LogP contribution in [0.3, 0.4) is 0 Å². The van der Waals surface area contributed by atoms with Crippen molar-refractivity contribution < 1.29 is 0 Å². The highest BCUT2D eigenvalue weighted by Crippen LogP contribution is 2.19. The van der Waals surface area contributed by atoms with Crippen molar-refractivity contribution in [2.45, 2.75) is 0 Å². The molecule has 0 aromatic carbocycles. The van der Waals surface area contributed by atoms with Crippen LogP contribution in [0.4, 0.5) is 11.8 Å².